The minimum absolute atomic E-state index is 0.0833. The summed E-state index contributed by atoms with van der Waals surface area (Å²) in [5.41, 5.74) is 6.21. The maximum Gasteiger partial charge on any atom is 0.129 e. The van der Waals surface area contributed by atoms with Crippen molar-refractivity contribution in [2.24, 2.45) is 5.73 Å². The minimum Gasteiger partial charge on any atom is -0.384 e. The molecule has 4 nitrogen and oxygen atoms in total. The Labute approximate surface area is 107 Å². The molecule has 0 aliphatic heterocycles. The first-order valence-electron chi connectivity index (χ1n) is 5.62. The van der Waals surface area contributed by atoms with Crippen LogP contribution in [-0.4, -0.2) is 35.9 Å². The second kappa shape index (κ2) is 6.49. The summed E-state index contributed by atoms with van der Waals surface area (Å²) in [7, 11) is 2.04. The van der Waals surface area contributed by atoms with Gasteiger partial charge in [0, 0.05) is 30.6 Å². The summed E-state index contributed by atoms with van der Waals surface area (Å²) in [6.07, 6.45) is 4.88. The highest BCUT2D eigenvalue weighted by Crippen LogP contribution is 2.17. The molecular formula is C12H20N4S. The van der Waals surface area contributed by atoms with Crippen molar-refractivity contribution in [3.05, 3.63) is 23.9 Å². The number of pyridine rings is 1. The predicted octanol–water partition coefficient (Wildman–Crippen LogP) is 1.94. The average Bonchev–Trinajstić information content (AvgIpc) is 2.35. The number of thioether (sulfide) groups is 1. The number of nitrogens with one attached hydrogen (secondary N) is 1. The van der Waals surface area contributed by atoms with Crippen molar-refractivity contribution < 1.29 is 0 Å². The van der Waals surface area contributed by atoms with E-state index >= 15 is 0 Å². The number of amidine groups is 1. The minimum atomic E-state index is 0.0833. The quantitative estimate of drug-likeness (QED) is 0.600. The Bertz CT molecular complexity index is 381. The fraction of sp³-hybridized carbons (Fsp3) is 0.500. The molecule has 1 rings (SSSR count). The lowest BCUT2D eigenvalue weighted by molar-refractivity contribution is 0.666. The van der Waals surface area contributed by atoms with Gasteiger partial charge in [0.25, 0.3) is 0 Å². The number of hydrogen-bond donors (Lipinski definition) is 2. The van der Waals surface area contributed by atoms with Gasteiger partial charge >= 0.3 is 0 Å². The van der Waals surface area contributed by atoms with Crippen LogP contribution in [-0.2, 0) is 0 Å². The molecule has 0 saturated carbocycles. The number of nitrogens with two attached hydrogens (primary N) is 1. The second-order valence-corrected chi connectivity index (χ2v) is 4.86. The molecule has 5 heteroatoms. The summed E-state index contributed by atoms with van der Waals surface area (Å²) in [4.78, 5) is 6.49. The van der Waals surface area contributed by atoms with Gasteiger partial charge in [-0.25, -0.2) is 4.98 Å². The summed E-state index contributed by atoms with van der Waals surface area (Å²) < 4.78 is 0. The number of nitrogens with zero attached hydrogens (tertiary/aromatic N) is 2. The van der Waals surface area contributed by atoms with Gasteiger partial charge in [-0.15, -0.1) is 0 Å². The van der Waals surface area contributed by atoms with Gasteiger partial charge in [0.05, 0.1) is 0 Å². The number of hydrogen-bond acceptors (Lipinski definition) is 4. The number of anilines is 1. The van der Waals surface area contributed by atoms with E-state index in [0.717, 1.165) is 23.6 Å². The molecular weight excluding hydrogens is 232 g/mol. The van der Waals surface area contributed by atoms with Crippen LogP contribution in [0, 0.1) is 5.41 Å². The van der Waals surface area contributed by atoms with Crippen LogP contribution in [0.5, 0.6) is 0 Å². The van der Waals surface area contributed by atoms with Crippen molar-refractivity contribution in [2.75, 3.05) is 24.0 Å². The van der Waals surface area contributed by atoms with Crippen LogP contribution >= 0.6 is 11.8 Å². The van der Waals surface area contributed by atoms with Gasteiger partial charge in [0.2, 0.25) is 0 Å². The first-order valence-corrected chi connectivity index (χ1v) is 7.01. The Morgan fingerprint density at radius 2 is 2.35 bits per heavy atom. The topological polar surface area (TPSA) is 66.0 Å². The highest BCUT2D eigenvalue weighted by molar-refractivity contribution is 7.98. The summed E-state index contributed by atoms with van der Waals surface area (Å²) in [5, 5.41) is 7.43. The molecule has 1 heterocycles. The molecule has 17 heavy (non-hydrogen) atoms. The van der Waals surface area contributed by atoms with E-state index in [4.69, 9.17) is 11.1 Å². The molecule has 0 saturated heterocycles. The van der Waals surface area contributed by atoms with E-state index < -0.39 is 0 Å². The molecule has 0 aromatic carbocycles. The molecule has 0 radical (unpaired) electrons. The highest BCUT2D eigenvalue weighted by atomic mass is 32.2. The van der Waals surface area contributed by atoms with Gasteiger partial charge in [-0.05, 0) is 24.8 Å². The zero-order valence-electron chi connectivity index (χ0n) is 10.6. The Morgan fingerprint density at radius 1 is 1.65 bits per heavy atom. The van der Waals surface area contributed by atoms with E-state index in [1.54, 1.807) is 12.3 Å². The van der Waals surface area contributed by atoms with Gasteiger partial charge in [-0.1, -0.05) is 6.92 Å². The van der Waals surface area contributed by atoms with Crippen LogP contribution in [0.1, 0.15) is 18.9 Å². The van der Waals surface area contributed by atoms with Crippen molar-refractivity contribution >= 4 is 23.4 Å². The van der Waals surface area contributed by atoms with E-state index in [-0.39, 0.29) is 5.84 Å². The largest absolute Gasteiger partial charge is 0.384 e. The van der Waals surface area contributed by atoms with E-state index in [2.05, 4.69) is 23.1 Å². The summed E-state index contributed by atoms with van der Waals surface area (Å²) in [6.45, 7) is 2.17. The van der Waals surface area contributed by atoms with Crippen molar-refractivity contribution in [1.82, 2.24) is 4.98 Å². The maximum absolute atomic E-state index is 7.43. The van der Waals surface area contributed by atoms with Crippen LogP contribution in [0.4, 0.5) is 5.82 Å². The molecule has 1 aromatic rings. The lowest BCUT2D eigenvalue weighted by Gasteiger charge is -2.28. The Hall–Kier alpha value is -1.23. The Balaban J connectivity index is 2.90. The van der Waals surface area contributed by atoms with Crippen LogP contribution in [0.15, 0.2) is 18.3 Å². The molecule has 94 valence electrons. The fourth-order valence-corrected chi connectivity index (χ4v) is 2.51. The lowest BCUT2D eigenvalue weighted by Crippen LogP contribution is -2.34. The van der Waals surface area contributed by atoms with Crippen molar-refractivity contribution in [2.45, 2.75) is 19.4 Å². The zero-order valence-corrected chi connectivity index (χ0v) is 11.4. The molecule has 1 unspecified atom stereocenters. The smallest absolute Gasteiger partial charge is 0.129 e. The first kappa shape index (κ1) is 13.8. The molecule has 0 aliphatic carbocycles. The highest BCUT2D eigenvalue weighted by Gasteiger charge is 2.14. The molecule has 0 bridgehead atoms. The van der Waals surface area contributed by atoms with Crippen molar-refractivity contribution in [3.63, 3.8) is 0 Å². The average molecular weight is 252 g/mol. The van der Waals surface area contributed by atoms with E-state index in [1.165, 1.54) is 0 Å². The molecule has 1 atom stereocenters. The van der Waals surface area contributed by atoms with Crippen LogP contribution in [0.2, 0.25) is 0 Å². The monoisotopic (exact) mass is 252 g/mol. The molecule has 0 aliphatic rings. The summed E-state index contributed by atoms with van der Waals surface area (Å²) in [6, 6.07) is 4.08. The molecule has 0 spiro atoms. The fourth-order valence-electron chi connectivity index (χ4n) is 1.66. The molecule has 3 N–H and O–H groups in total. The van der Waals surface area contributed by atoms with Crippen molar-refractivity contribution in [3.8, 4) is 0 Å². The van der Waals surface area contributed by atoms with Gasteiger partial charge in [-0.2, -0.15) is 11.8 Å². The number of aromatic nitrogens is 1. The second-order valence-electron chi connectivity index (χ2n) is 3.94. The number of nitrogen functional groups attached to an aromatic ring is 1. The predicted molar refractivity (Wildman–Crippen MR) is 76.1 cm³/mol. The van der Waals surface area contributed by atoms with Crippen LogP contribution in [0.25, 0.3) is 0 Å². The zero-order chi connectivity index (χ0) is 12.8. The van der Waals surface area contributed by atoms with Gasteiger partial charge in [0.15, 0.2) is 0 Å². The van der Waals surface area contributed by atoms with Gasteiger partial charge in [-0.3, -0.25) is 5.41 Å². The van der Waals surface area contributed by atoms with E-state index in [0.29, 0.717) is 6.04 Å². The third-order valence-electron chi connectivity index (χ3n) is 2.80. The maximum atomic E-state index is 7.43. The first-order chi connectivity index (χ1) is 8.10. The molecule has 0 amide bonds. The van der Waals surface area contributed by atoms with E-state index in [9.17, 15) is 0 Å². The Morgan fingerprint density at radius 3 is 2.88 bits per heavy atom. The standard InChI is InChI=1S/C12H20N4S/c1-4-10(8-17-3)16(2)11-7-9(12(13)14)5-6-15-11/h5-7,10H,4,8H2,1-3H3,(H3,13,14). The van der Waals surface area contributed by atoms with Crippen molar-refractivity contribution in [1.29, 1.82) is 5.41 Å². The van der Waals surface area contributed by atoms with Gasteiger partial charge in [0.1, 0.15) is 11.7 Å². The third kappa shape index (κ3) is 3.63. The SMILES string of the molecule is CCC(CSC)N(C)c1cc(C(=N)N)ccn1. The Kier molecular flexibility index (Phi) is 5.28. The lowest BCUT2D eigenvalue weighted by atomic mass is 10.2. The normalized spacial score (nSPS) is 12.2. The van der Waals surface area contributed by atoms with Gasteiger partial charge < -0.3 is 10.6 Å². The van der Waals surface area contributed by atoms with E-state index in [1.807, 2.05) is 24.9 Å². The molecule has 0 fully saturated rings. The number of rotatable bonds is 6. The molecule has 1 aromatic heterocycles. The summed E-state index contributed by atoms with van der Waals surface area (Å²) in [5.74, 6) is 2.03. The summed E-state index contributed by atoms with van der Waals surface area (Å²) >= 11 is 1.83. The van der Waals surface area contributed by atoms with Crippen LogP contribution in [0.3, 0.4) is 0 Å². The third-order valence-corrected chi connectivity index (χ3v) is 3.51. The van der Waals surface area contributed by atoms with Crippen LogP contribution < -0.4 is 10.6 Å².